The number of nitrogens with zero attached hydrogens (tertiary/aromatic N) is 3. The van der Waals surface area contributed by atoms with Gasteiger partial charge in [0.1, 0.15) is 17.2 Å². The molecule has 0 bridgehead atoms. The van der Waals surface area contributed by atoms with Crippen LogP contribution in [0.25, 0.3) is 0 Å². The fourth-order valence-corrected chi connectivity index (χ4v) is 1.31. The average Bonchev–Trinajstić information content (AvgIpc) is 2.28. The highest BCUT2D eigenvalue weighted by Gasteiger charge is 2.18. The van der Waals surface area contributed by atoms with E-state index in [0.717, 1.165) is 12.3 Å². The molecule has 0 spiro atoms. The lowest BCUT2D eigenvalue weighted by Crippen LogP contribution is -2.35. The van der Waals surface area contributed by atoms with Crippen LogP contribution in [-0.2, 0) is 4.79 Å². The molecule has 0 saturated carbocycles. The van der Waals surface area contributed by atoms with Crippen LogP contribution in [0.2, 0.25) is 0 Å². The monoisotopic (exact) mass is 255 g/mol. The standard InChI is InChI=1S/C11H14FN3O3/c1-14(2)9(16)6-15(3)10-8(11(17)18)4-7(12)5-13-10/h4-5H,6H2,1-3H3,(H,17,18). The van der Waals surface area contributed by atoms with Crippen molar-refractivity contribution in [1.29, 1.82) is 0 Å². The smallest absolute Gasteiger partial charge is 0.339 e. The van der Waals surface area contributed by atoms with Gasteiger partial charge in [-0.15, -0.1) is 0 Å². The Morgan fingerprint density at radius 3 is 2.50 bits per heavy atom. The number of pyridine rings is 1. The van der Waals surface area contributed by atoms with Gasteiger partial charge in [-0.25, -0.2) is 14.2 Å². The molecular formula is C11H14FN3O3. The number of anilines is 1. The van der Waals surface area contributed by atoms with Crippen LogP contribution in [0.5, 0.6) is 0 Å². The Morgan fingerprint density at radius 1 is 1.39 bits per heavy atom. The summed E-state index contributed by atoms with van der Waals surface area (Å²) in [5.41, 5.74) is -0.274. The van der Waals surface area contributed by atoms with Gasteiger partial charge in [0.2, 0.25) is 5.91 Å². The maximum absolute atomic E-state index is 12.9. The van der Waals surface area contributed by atoms with E-state index >= 15 is 0 Å². The number of rotatable bonds is 4. The number of carbonyl (C=O) groups excluding carboxylic acids is 1. The van der Waals surface area contributed by atoms with Crippen LogP contribution in [0.4, 0.5) is 10.2 Å². The molecule has 98 valence electrons. The van der Waals surface area contributed by atoms with E-state index in [1.54, 1.807) is 14.1 Å². The highest BCUT2D eigenvalue weighted by Crippen LogP contribution is 2.17. The molecule has 1 rings (SSSR count). The molecule has 7 heteroatoms. The SMILES string of the molecule is CN(C)C(=O)CN(C)c1ncc(F)cc1C(=O)O. The maximum Gasteiger partial charge on any atom is 0.339 e. The van der Waals surface area contributed by atoms with Crippen LogP contribution >= 0.6 is 0 Å². The summed E-state index contributed by atoms with van der Waals surface area (Å²) in [5.74, 6) is -2.18. The lowest BCUT2D eigenvalue weighted by Gasteiger charge is -2.21. The van der Waals surface area contributed by atoms with Crippen molar-refractivity contribution in [1.82, 2.24) is 9.88 Å². The van der Waals surface area contributed by atoms with Crippen LogP contribution in [0.15, 0.2) is 12.3 Å². The van der Waals surface area contributed by atoms with Gasteiger partial charge in [-0.1, -0.05) is 0 Å². The predicted molar refractivity (Wildman–Crippen MR) is 63.1 cm³/mol. The molecule has 1 heterocycles. The zero-order chi connectivity index (χ0) is 13.9. The van der Waals surface area contributed by atoms with E-state index in [9.17, 15) is 14.0 Å². The third-order valence-electron chi connectivity index (χ3n) is 2.30. The molecule has 0 aliphatic carbocycles. The van der Waals surface area contributed by atoms with Crippen LogP contribution in [-0.4, -0.2) is 54.6 Å². The highest BCUT2D eigenvalue weighted by atomic mass is 19.1. The van der Waals surface area contributed by atoms with Gasteiger partial charge in [0.15, 0.2) is 0 Å². The summed E-state index contributed by atoms with van der Waals surface area (Å²) < 4.78 is 12.9. The quantitative estimate of drug-likeness (QED) is 0.845. The van der Waals surface area contributed by atoms with Crippen LogP contribution in [0.1, 0.15) is 10.4 Å². The summed E-state index contributed by atoms with van der Waals surface area (Å²) in [4.78, 5) is 28.9. The summed E-state index contributed by atoms with van der Waals surface area (Å²) >= 11 is 0. The topological polar surface area (TPSA) is 73.7 Å². The first-order chi connectivity index (χ1) is 8.32. The zero-order valence-electron chi connectivity index (χ0n) is 10.3. The second kappa shape index (κ2) is 5.44. The van der Waals surface area contributed by atoms with E-state index in [2.05, 4.69) is 4.98 Å². The first kappa shape index (κ1) is 13.9. The summed E-state index contributed by atoms with van der Waals surface area (Å²) in [6.45, 7) is -0.0358. The van der Waals surface area contributed by atoms with Gasteiger partial charge in [-0.05, 0) is 6.07 Å². The number of carbonyl (C=O) groups is 2. The van der Waals surface area contributed by atoms with Crippen molar-refractivity contribution in [3.8, 4) is 0 Å². The van der Waals surface area contributed by atoms with Gasteiger partial charge in [0, 0.05) is 21.1 Å². The van der Waals surface area contributed by atoms with Crippen molar-refractivity contribution in [2.75, 3.05) is 32.6 Å². The largest absolute Gasteiger partial charge is 0.478 e. The second-order valence-electron chi connectivity index (χ2n) is 3.97. The molecule has 0 aromatic carbocycles. The highest BCUT2D eigenvalue weighted by molar-refractivity contribution is 5.94. The summed E-state index contributed by atoms with van der Waals surface area (Å²) in [6, 6.07) is 0.876. The lowest BCUT2D eigenvalue weighted by molar-refractivity contribution is -0.127. The number of halogens is 1. The molecule has 18 heavy (non-hydrogen) atoms. The molecule has 0 unspecified atom stereocenters. The Kier molecular flexibility index (Phi) is 4.19. The van der Waals surface area contributed by atoms with Crippen molar-refractivity contribution in [3.63, 3.8) is 0 Å². The predicted octanol–water partition coefficient (Wildman–Crippen LogP) is 0.443. The van der Waals surface area contributed by atoms with Crippen LogP contribution < -0.4 is 4.90 Å². The van der Waals surface area contributed by atoms with E-state index in [4.69, 9.17) is 5.11 Å². The number of carboxylic acids is 1. The van der Waals surface area contributed by atoms with Gasteiger partial charge < -0.3 is 14.9 Å². The van der Waals surface area contributed by atoms with Crippen molar-refractivity contribution in [2.45, 2.75) is 0 Å². The molecule has 6 nitrogen and oxygen atoms in total. The summed E-state index contributed by atoms with van der Waals surface area (Å²) in [6.07, 6.45) is 0.915. The molecule has 1 aromatic rings. The van der Waals surface area contributed by atoms with Crippen molar-refractivity contribution in [3.05, 3.63) is 23.6 Å². The number of hydrogen-bond acceptors (Lipinski definition) is 4. The normalized spacial score (nSPS) is 10.0. The van der Waals surface area contributed by atoms with E-state index in [1.165, 1.54) is 16.8 Å². The van der Waals surface area contributed by atoms with E-state index in [-0.39, 0.29) is 23.8 Å². The Hall–Kier alpha value is -2.18. The molecule has 0 atom stereocenters. The maximum atomic E-state index is 12.9. The molecule has 1 aromatic heterocycles. The van der Waals surface area contributed by atoms with Crippen LogP contribution in [0, 0.1) is 5.82 Å². The first-order valence-electron chi connectivity index (χ1n) is 5.13. The Labute approximate surface area is 104 Å². The third-order valence-corrected chi connectivity index (χ3v) is 2.30. The van der Waals surface area contributed by atoms with Gasteiger partial charge >= 0.3 is 5.97 Å². The minimum atomic E-state index is -1.29. The van der Waals surface area contributed by atoms with Gasteiger partial charge in [0.25, 0.3) is 0 Å². The minimum absolute atomic E-state index is 0.0358. The van der Waals surface area contributed by atoms with E-state index in [1.807, 2.05) is 0 Å². The first-order valence-corrected chi connectivity index (χ1v) is 5.13. The average molecular weight is 255 g/mol. The molecule has 1 N–H and O–H groups in total. The molecule has 0 radical (unpaired) electrons. The Bertz CT molecular complexity index is 477. The van der Waals surface area contributed by atoms with Gasteiger partial charge in [0.05, 0.1) is 12.7 Å². The molecule has 0 saturated heterocycles. The lowest BCUT2D eigenvalue weighted by atomic mass is 10.2. The molecule has 0 aliphatic rings. The van der Waals surface area contributed by atoms with Crippen molar-refractivity contribution >= 4 is 17.7 Å². The van der Waals surface area contributed by atoms with Gasteiger partial charge in [-0.2, -0.15) is 0 Å². The molecule has 0 aliphatic heterocycles. The number of aromatic carboxylic acids is 1. The van der Waals surface area contributed by atoms with Gasteiger partial charge in [-0.3, -0.25) is 4.79 Å². The van der Waals surface area contributed by atoms with Crippen molar-refractivity contribution in [2.24, 2.45) is 0 Å². The summed E-state index contributed by atoms with van der Waals surface area (Å²) in [5, 5.41) is 8.95. The minimum Gasteiger partial charge on any atom is -0.478 e. The third kappa shape index (κ3) is 3.16. The Morgan fingerprint density at radius 2 is 2.00 bits per heavy atom. The molecule has 0 fully saturated rings. The fourth-order valence-electron chi connectivity index (χ4n) is 1.31. The number of carboxylic acid groups (broad SMARTS) is 1. The number of hydrogen-bond donors (Lipinski definition) is 1. The fraction of sp³-hybridized carbons (Fsp3) is 0.364. The number of amides is 1. The Balaban J connectivity index is 3.02. The van der Waals surface area contributed by atoms with Crippen molar-refractivity contribution < 1.29 is 19.1 Å². The summed E-state index contributed by atoms with van der Waals surface area (Å²) in [7, 11) is 4.70. The molecular weight excluding hydrogens is 241 g/mol. The number of aromatic nitrogens is 1. The van der Waals surface area contributed by atoms with E-state index < -0.39 is 11.8 Å². The van der Waals surface area contributed by atoms with Crippen LogP contribution in [0.3, 0.4) is 0 Å². The zero-order valence-corrected chi connectivity index (χ0v) is 10.3. The number of likely N-dealkylation sites (N-methyl/N-ethyl adjacent to an activating group) is 2. The van der Waals surface area contributed by atoms with E-state index in [0.29, 0.717) is 0 Å². The second-order valence-corrected chi connectivity index (χ2v) is 3.97. The molecule has 1 amide bonds.